The molecule has 2 aromatic rings. The number of hydrogen-bond acceptors (Lipinski definition) is 5. The number of methoxy groups -OCH3 is 1. The van der Waals surface area contributed by atoms with E-state index in [0.717, 1.165) is 11.1 Å². The summed E-state index contributed by atoms with van der Waals surface area (Å²) in [6, 6.07) is 4.98. The van der Waals surface area contributed by atoms with Crippen molar-refractivity contribution in [3.63, 3.8) is 0 Å². The van der Waals surface area contributed by atoms with Gasteiger partial charge in [0.15, 0.2) is 11.5 Å². The zero-order valence-corrected chi connectivity index (χ0v) is 17.9. The van der Waals surface area contributed by atoms with Crippen LogP contribution in [0.25, 0.3) is 6.08 Å². The molecule has 0 bridgehead atoms. The van der Waals surface area contributed by atoms with E-state index in [-0.39, 0.29) is 17.6 Å². The molecule has 2 N–H and O–H groups in total. The minimum absolute atomic E-state index is 0.0702. The lowest BCUT2D eigenvalue weighted by atomic mass is 10.2. The average molecular weight is 415 g/mol. The smallest absolute Gasteiger partial charge is 0.266 e. The molecule has 0 spiro atoms. The molecular formula is C22H26N2O4S. The van der Waals surface area contributed by atoms with Crippen molar-refractivity contribution in [3.8, 4) is 11.5 Å². The number of aromatic hydroxyl groups is 1. The summed E-state index contributed by atoms with van der Waals surface area (Å²) in [5.41, 5.74) is 2.25. The summed E-state index contributed by atoms with van der Waals surface area (Å²) < 4.78 is 5.07. The molecule has 2 amide bonds. The first-order chi connectivity index (χ1) is 13.9. The number of thiophene rings is 1. The molecule has 6 nitrogen and oxygen atoms in total. The Kier molecular flexibility index (Phi) is 8.03. The number of nitrogens with zero attached hydrogens (tertiary/aromatic N) is 1. The van der Waals surface area contributed by atoms with E-state index in [1.165, 1.54) is 24.5 Å². The third kappa shape index (κ3) is 5.71. The minimum Gasteiger partial charge on any atom is -0.504 e. The van der Waals surface area contributed by atoms with E-state index >= 15 is 0 Å². The highest BCUT2D eigenvalue weighted by Gasteiger charge is 2.21. The molecule has 0 radical (unpaired) electrons. The molecule has 2 rings (SSSR count). The van der Waals surface area contributed by atoms with Gasteiger partial charge in [0, 0.05) is 19.2 Å². The minimum atomic E-state index is -0.312. The van der Waals surface area contributed by atoms with Gasteiger partial charge in [-0.2, -0.15) is 0 Å². The van der Waals surface area contributed by atoms with Crippen molar-refractivity contribution in [1.82, 2.24) is 4.90 Å². The first-order valence-corrected chi connectivity index (χ1v) is 10.2. The monoisotopic (exact) mass is 414 g/mol. The maximum atomic E-state index is 12.6. The van der Waals surface area contributed by atoms with Crippen molar-refractivity contribution in [1.29, 1.82) is 0 Å². The Balaban J connectivity index is 2.06. The Hall–Kier alpha value is -3.06. The normalized spacial score (nSPS) is 11.2. The molecule has 0 unspecified atom stereocenters. The van der Waals surface area contributed by atoms with Crippen LogP contribution in [0.3, 0.4) is 0 Å². The fourth-order valence-electron chi connectivity index (χ4n) is 2.68. The SMILES string of the molecule is CCN(CC)C(=O)c1scc(C)c1NC(=O)C=CC=Cc1ccc(O)c(OC)c1. The number of carbonyl (C=O) groups is 2. The number of ether oxygens (including phenoxy) is 1. The maximum absolute atomic E-state index is 12.6. The van der Waals surface area contributed by atoms with Crippen LogP contribution in [-0.2, 0) is 4.79 Å². The van der Waals surface area contributed by atoms with Gasteiger partial charge in [-0.05, 0) is 49.4 Å². The summed E-state index contributed by atoms with van der Waals surface area (Å²) >= 11 is 1.34. The number of nitrogens with one attached hydrogen (secondary N) is 1. The number of hydrogen-bond donors (Lipinski definition) is 2. The Morgan fingerprint density at radius 3 is 2.62 bits per heavy atom. The highest BCUT2D eigenvalue weighted by atomic mass is 32.1. The molecule has 1 aromatic carbocycles. The van der Waals surface area contributed by atoms with Gasteiger partial charge < -0.3 is 20.1 Å². The van der Waals surface area contributed by atoms with Crippen molar-refractivity contribution in [2.75, 3.05) is 25.5 Å². The van der Waals surface area contributed by atoms with Gasteiger partial charge in [-0.25, -0.2) is 0 Å². The number of aryl methyl sites for hydroxylation is 1. The van der Waals surface area contributed by atoms with E-state index in [0.29, 0.717) is 29.4 Å². The predicted octanol–water partition coefficient (Wildman–Crippen LogP) is 4.46. The molecule has 0 saturated heterocycles. The van der Waals surface area contributed by atoms with E-state index in [4.69, 9.17) is 4.74 Å². The van der Waals surface area contributed by atoms with Crippen LogP contribution in [-0.4, -0.2) is 42.0 Å². The second-order valence-electron chi connectivity index (χ2n) is 6.24. The van der Waals surface area contributed by atoms with E-state index in [1.54, 1.807) is 41.3 Å². The van der Waals surface area contributed by atoms with Crippen LogP contribution in [0.4, 0.5) is 5.69 Å². The number of anilines is 1. The number of phenols is 1. The number of rotatable bonds is 8. The largest absolute Gasteiger partial charge is 0.504 e. The Morgan fingerprint density at radius 2 is 1.97 bits per heavy atom. The second-order valence-corrected chi connectivity index (χ2v) is 7.12. The molecule has 1 heterocycles. The maximum Gasteiger partial charge on any atom is 0.266 e. The molecule has 1 aromatic heterocycles. The summed E-state index contributed by atoms with van der Waals surface area (Å²) in [5.74, 6) is 0.0644. The molecule has 0 fully saturated rings. The zero-order chi connectivity index (χ0) is 21.4. The second kappa shape index (κ2) is 10.5. The van der Waals surface area contributed by atoms with Gasteiger partial charge in [-0.15, -0.1) is 11.3 Å². The van der Waals surface area contributed by atoms with Crippen molar-refractivity contribution in [2.45, 2.75) is 20.8 Å². The van der Waals surface area contributed by atoms with Gasteiger partial charge in [0.2, 0.25) is 5.91 Å². The number of amides is 2. The lowest BCUT2D eigenvalue weighted by molar-refractivity contribution is -0.111. The number of allylic oxidation sites excluding steroid dienone is 2. The lowest BCUT2D eigenvalue weighted by Gasteiger charge is -2.18. The quantitative estimate of drug-likeness (QED) is 0.494. The highest BCUT2D eigenvalue weighted by Crippen LogP contribution is 2.29. The van der Waals surface area contributed by atoms with Crippen molar-refractivity contribution in [3.05, 3.63) is 57.8 Å². The molecule has 154 valence electrons. The average Bonchev–Trinajstić information content (AvgIpc) is 3.07. The zero-order valence-electron chi connectivity index (χ0n) is 17.1. The van der Waals surface area contributed by atoms with Crippen LogP contribution in [0.15, 0.2) is 41.8 Å². The van der Waals surface area contributed by atoms with Crippen LogP contribution in [0.2, 0.25) is 0 Å². The van der Waals surface area contributed by atoms with Gasteiger partial charge in [0.1, 0.15) is 4.88 Å². The molecule has 29 heavy (non-hydrogen) atoms. The van der Waals surface area contributed by atoms with Crippen molar-refractivity contribution >= 4 is 34.9 Å². The van der Waals surface area contributed by atoms with Crippen molar-refractivity contribution in [2.24, 2.45) is 0 Å². The van der Waals surface area contributed by atoms with E-state index in [9.17, 15) is 14.7 Å². The topological polar surface area (TPSA) is 78.9 Å². The molecule has 0 aliphatic heterocycles. The van der Waals surface area contributed by atoms with Crippen LogP contribution in [0, 0.1) is 6.92 Å². The fourth-order valence-corrected chi connectivity index (χ4v) is 3.66. The molecule has 0 atom stereocenters. The van der Waals surface area contributed by atoms with Gasteiger partial charge in [-0.1, -0.05) is 24.3 Å². The molecule has 0 saturated carbocycles. The standard InChI is InChI=1S/C22H26N2O4S/c1-5-24(6-2)22(27)21-20(15(3)14-29-21)23-19(26)10-8-7-9-16-11-12-17(25)18(13-16)28-4/h7-14,25H,5-6H2,1-4H3,(H,23,26). The predicted molar refractivity (Wildman–Crippen MR) is 118 cm³/mol. The Morgan fingerprint density at radius 1 is 1.24 bits per heavy atom. The van der Waals surface area contributed by atoms with E-state index in [2.05, 4.69) is 5.32 Å². The summed E-state index contributed by atoms with van der Waals surface area (Å²) in [5, 5.41) is 14.3. The summed E-state index contributed by atoms with van der Waals surface area (Å²) in [7, 11) is 1.48. The first kappa shape index (κ1) is 22.2. The number of benzene rings is 1. The van der Waals surface area contributed by atoms with Gasteiger partial charge in [-0.3, -0.25) is 9.59 Å². The fraction of sp³-hybridized carbons (Fsp3) is 0.273. The van der Waals surface area contributed by atoms with Gasteiger partial charge >= 0.3 is 0 Å². The first-order valence-electron chi connectivity index (χ1n) is 9.31. The van der Waals surface area contributed by atoms with Crippen molar-refractivity contribution < 1.29 is 19.4 Å². The van der Waals surface area contributed by atoms with Crippen LogP contribution < -0.4 is 10.1 Å². The van der Waals surface area contributed by atoms with E-state index < -0.39 is 0 Å². The number of carbonyl (C=O) groups excluding carboxylic acids is 2. The molecular weight excluding hydrogens is 388 g/mol. The molecule has 0 aliphatic rings. The third-order valence-electron chi connectivity index (χ3n) is 4.32. The Bertz CT molecular complexity index is 927. The molecule has 0 aliphatic carbocycles. The summed E-state index contributed by atoms with van der Waals surface area (Å²) in [4.78, 5) is 27.2. The van der Waals surface area contributed by atoms with Crippen LogP contribution >= 0.6 is 11.3 Å². The summed E-state index contributed by atoms with van der Waals surface area (Å²) in [6.45, 7) is 6.96. The van der Waals surface area contributed by atoms with Gasteiger partial charge in [0.05, 0.1) is 12.8 Å². The Labute approximate surface area is 175 Å². The summed E-state index contributed by atoms with van der Waals surface area (Å²) in [6.07, 6.45) is 6.52. The highest BCUT2D eigenvalue weighted by molar-refractivity contribution is 7.13. The van der Waals surface area contributed by atoms with E-state index in [1.807, 2.05) is 26.2 Å². The number of phenolic OH excluding ortho intramolecular Hbond substituents is 1. The van der Waals surface area contributed by atoms with Gasteiger partial charge in [0.25, 0.3) is 5.91 Å². The van der Waals surface area contributed by atoms with Crippen LogP contribution in [0.5, 0.6) is 11.5 Å². The molecule has 7 heteroatoms. The van der Waals surface area contributed by atoms with Crippen LogP contribution in [0.1, 0.15) is 34.6 Å². The lowest BCUT2D eigenvalue weighted by Crippen LogP contribution is -2.30. The third-order valence-corrected chi connectivity index (χ3v) is 5.41.